The number of nitrogens with zero attached hydrogens (tertiary/aromatic N) is 1. The van der Waals surface area contributed by atoms with E-state index in [-0.39, 0.29) is 29.2 Å². The molecule has 0 fully saturated rings. The number of carbonyl (C=O) groups is 2. The van der Waals surface area contributed by atoms with Crippen LogP contribution in [0.25, 0.3) is 0 Å². The van der Waals surface area contributed by atoms with Crippen molar-refractivity contribution in [1.82, 2.24) is 9.62 Å². The van der Waals surface area contributed by atoms with Crippen LogP contribution in [0.5, 0.6) is 11.5 Å². The predicted molar refractivity (Wildman–Crippen MR) is 125 cm³/mol. The van der Waals surface area contributed by atoms with Gasteiger partial charge >= 0.3 is 0 Å². The standard InChI is InChI=1S/C23H30N4O4S/c1-23(2,14-26-22(31)19(24)7-8-28)13-25-17-4-3-15-11-27(12-16(15)9-17)32-21-6-5-18(29)10-20(21)30/h3-6,8-10,19,25,29-30H,7,11-14,24H2,1-2H3,(H,26,31). The van der Waals surface area contributed by atoms with Gasteiger partial charge in [-0.15, -0.1) is 0 Å². The number of phenolic OH excluding ortho intramolecular Hbond substituents is 2. The molecule has 9 heteroatoms. The minimum Gasteiger partial charge on any atom is -0.508 e. The number of carbonyl (C=O) groups excluding carboxylic acids is 2. The summed E-state index contributed by atoms with van der Waals surface area (Å²) in [7, 11) is 0. The van der Waals surface area contributed by atoms with Gasteiger partial charge in [-0.25, -0.2) is 4.31 Å². The van der Waals surface area contributed by atoms with Gasteiger partial charge in [0.1, 0.15) is 17.8 Å². The van der Waals surface area contributed by atoms with Crippen LogP contribution >= 0.6 is 11.9 Å². The highest BCUT2D eigenvalue weighted by Gasteiger charge is 2.23. The highest BCUT2D eigenvalue weighted by molar-refractivity contribution is 7.97. The van der Waals surface area contributed by atoms with E-state index in [9.17, 15) is 19.8 Å². The molecule has 0 spiro atoms. The fourth-order valence-electron chi connectivity index (χ4n) is 3.33. The van der Waals surface area contributed by atoms with Crippen molar-refractivity contribution in [1.29, 1.82) is 0 Å². The fourth-order valence-corrected chi connectivity index (χ4v) is 4.30. The molecule has 0 bridgehead atoms. The Bertz CT molecular complexity index is 982. The van der Waals surface area contributed by atoms with Crippen LogP contribution in [0.15, 0.2) is 41.3 Å². The molecule has 0 aromatic heterocycles. The number of nitrogens with one attached hydrogen (secondary N) is 2. The summed E-state index contributed by atoms with van der Waals surface area (Å²) in [5, 5.41) is 25.7. The number of anilines is 1. The van der Waals surface area contributed by atoms with E-state index in [0.29, 0.717) is 24.3 Å². The van der Waals surface area contributed by atoms with Gasteiger partial charge in [-0.2, -0.15) is 0 Å². The van der Waals surface area contributed by atoms with Crippen LogP contribution in [0.3, 0.4) is 0 Å². The first-order valence-corrected chi connectivity index (χ1v) is 11.2. The van der Waals surface area contributed by atoms with Crippen LogP contribution in [-0.4, -0.2) is 45.8 Å². The molecule has 1 amide bonds. The zero-order valence-electron chi connectivity index (χ0n) is 18.3. The van der Waals surface area contributed by atoms with E-state index in [0.717, 1.165) is 18.8 Å². The molecular formula is C23H30N4O4S. The number of benzene rings is 2. The minimum absolute atomic E-state index is 0.0152. The lowest BCUT2D eigenvalue weighted by Crippen LogP contribution is -2.45. The third-order valence-electron chi connectivity index (χ3n) is 5.27. The highest BCUT2D eigenvalue weighted by Crippen LogP contribution is 2.38. The van der Waals surface area contributed by atoms with E-state index in [2.05, 4.69) is 27.1 Å². The minimum atomic E-state index is -0.808. The van der Waals surface area contributed by atoms with E-state index >= 15 is 0 Å². The van der Waals surface area contributed by atoms with Crippen molar-refractivity contribution in [3.63, 3.8) is 0 Å². The van der Waals surface area contributed by atoms with Crippen LogP contribution in [-0.2, 0) is 22.7 Å². The average molecular weight is 459 g/mol. The maximum Gasteiger partial charge on any atom is 0.237 e. The van der Waals surface area contributed by atoms with Gasteiger partial charge in [0.05, 0.1) is 10.9 Å². The second-order valence-corrected chi connectivity index (χ2v) is 9.91. The Balaban J connectivity index is 1.52. The molecule has 1 aliphatic rings. The van der Waals surface area contributed by atoms with E-state index in [1.807, 2.05) is 19.9 Å². The van der Waals surface area contributed by atoms with Crippen molar-refractivity contribution in [3.05, 3.63) is 47.5 Å². The summed E-state index contributed by atoms with van der Waals surface area (Å²) in [6.45, 7) is 6.68. The van der Waals surface area contributed by atoms with Gasteiger partial charge in [0, 0.05) is 44.4 Å². The largest absolute Gasteiger partial charge is 0.508 e. The van der Waals surface area contributed by atoms with Crippen LogP contribution in [0, 0.1) is 5.41 Å². The second-order valence-electron chi connectivity index (χ2n) is 8.77. The Morgan fingerprint density at radius 3 is 2.66 bits per heavy atom. The summed E-state index contributed by atoms with van der Waals surface area (Å²) in [5.41, 5.74) is 8.89. The molecule has 3 rings (SSSR count). The normalized spacial score (nSPS) is 14.6. The van der Waals surface area contributed by atoms with Crippen molar-refractivity contribution < 1.29 is 19.8 Å². The zero-order valence-corrected chi connectivity index (χ0v) is 19.1. The molecule has 0 radical (unpaired) electrons. The van der Waals surface area contributed by atoms with Crippen LogP contribution < -0.4 is 16.4 Å². The van der Waals surface area contributed by atoms with Gasteiger partial charge in [0.15, 0.2) is 0 Å². The van der Waals surface area contributed by atoms with E-state index in [4.69, 9.17) is 5.73 Å². The lowest BCUT2D eigenvalue weighted by atomic mass is 9.93. The third-order valence-corrected chi connectivity index (χ3v) is 6.33. The number of hydrogen-bond acceptors (Lipinski definition) is 8. The molecule has 0 saturated heterocycles. The van der Waals surface area contributed by atoms with Crippen molar-refractivity contribution in [2.45, 2.75) is 44.3 Å². The van der Waals surface area contributed by atoms with Crippen LogP contribution in [0.2, 0.25) is 0 Å². The molecule has 2 aromatic rings. The van der Waals surface area contributed by atoms with E-state index < -0.39 is 6.04 Å². The SMILES string of the molecule is CC(C)(CNC(=O)C(N)CC=O)CNc1ccc2c(c1)CN(Sc1ccc(O)cc1O)C2. The number of fused-ring (bicyclic) bond motifs is 1. The predicted octanol–water partition coefficient (Wildman–Crippen LogP) is 2.59. The Hall–Kier alpha value is -2.75. The Morgan fingerprint density at radius 2 is 1.94 bits per heavy atom. The Labute approximate surface area is 192 Å². The number of phenols is 2. The van der Waals surface area contributed by atoms with Gasteiger partial charge in [0.2, 0.25) is 5.91 Å². The monoisotopic (exact) mass is 458 g/mol. The summed E-state index contributed by atoms with van der Waals surface area (Å²) in [5.74, 6) is -0.215. The molecule has 1 unspecified atom stereocenters. The van der Waals surface area contributed by atoms with Gasteiger partial charge in [0.25, 0.3) is 0 Å². The molecule has 1 atom stereocenters. The van der Waals surface area contributed by atoms with Crippen molar-refractivity contribution in [2.24, 2.45) is 11.1 Å². The first-order chi connectivity index (χ1) is 15.2. The molecule has 6 N–H and O–H groups in total. The smallest absolute Gasteiger partial charge is 0.237 e. The van der Waals surface area contributed by atoms with Crippen molar-refractivity contribution in [2.75, 3.05) is 18.4 Å². The topological polar surface area (TPSA) is 128 Å². The maximum atomic E-state index is 11.9. The van der Waals surface area contributed by atoms with E-state index in [1.165, 1.54) is 29.1 Å². The summed E-state index contributed by atoms with van der Waals surface area (Å²) in [6.07, 6.45) is 0.666. The number of aldehydes is 1. The number of nitrogens with two attached hydrogens (primary N) is 1. The quantitative estimate of drug-likeness (QED) is 0.272. The zero-order chi connectivity index (χ0) is 23.3. The third kappa shape index (κ3) is 6.38. The Morgan fingerprint density at radius 1 is 1.19 bits per heavy atom. The fraction of sp³-hybridized carbons (Fsp3) is 0.391. The van der Waals surface area contributed by atoms with Gasteiger partial charge in [-0.05, 0) is 52.8 Å². The number of hydrogen-bond donors (Lipinski definition) is 5. The molecule has 32 heavy (non-hydrogen) atoms. The molecular weight excluding hydrogens is 428 g/mol. The van der Waals surface area contributed by atoms with Crippen molar-refractivity contribution >= 4 is 29.8 Å². The highest BCUT2D eigenvalue weighted by atomic mass is 32.2. The van der Waals surface area contributed by atoms with Gasteiger partial charge < -0.3 is 31.4 Å². The van der Waals surface area contributed by atoms with Crippen LogP contribution in [0.4, 0.5) is 5.69 Å². The maximum absolute atomic E-state index is 11.9. The summed E-state index contributed by atoms with van der Waals surface area (Å²) >= 11 is 1.46. The lowest BCUT2D eigenvalue weighted by Gasteiger charge is -2.26. The first-order valence-electron chi connectivity index (χ1n) is 10.4. The van der Waals surface area contributed by atoms with Gasteiger partial charge in [-0.3, -0.25) is 4.79 Å². The number of amides is 1. The van der Waals surface area contributed by atoms with Gasteiger partial charge in [-0.1, -0.05) is 19.9 Å². The Kier molecular flexibility index (Phi) is 7.65. The molecule has 1 aliphatic heterocycles. The second kappa shape index (κ2) is 10.2. The van der Waals surface area contributed by atoms with Crippen LogP contribution in [0.1, 0.15) is 31.4 Å². The first kappa shape index (κ1) is 23.9. The summed E-state index contributed by atoms with van der Waals surface area (Å²) < 4.78 is 2.16. The molecule has 1 heterocycles. The number of aromatic hydroxyl groups is 2. The summed E-state index contributed by atoms with van der Waals surface area (Å²) in [6, 6.07) is 10.1. The molecule has 8 nitrogen and oxygen atoms in total. The molecule has 0 aliphatic carbocycles. The molecule has 0 saturated carbocycles. The van der Waals surface area contributed by atoms with E-state index in [1.54, 1.807) is 12.1 Å². The average Bonchev–Trinajstić information content (AvgIpc) is 3.14. The van der Waals surface area contributed by atoms with Crippen molar-refractivity contribution in [3.8, 4) is 11.5 Å². The molecule has 2 aromatic carbocycles. The lowest BCUT2D eigenvalue weighted by molar-refractivity contribution is -0.124. The molecule has 172 valence electrons. The number of rotatable bonds is 10. The summed E-state index contributed by atoms with van der Waals surface area (Å²) in [4.78, 5) is 23.1.